The highest BCUT2D eigenvalue weighted by atomic mass is 35.5. The first-order valence-electron chi connectivity index (χ1n) is 5.69. The van der Waals surface area contributed by atoms with Crippen molar-refractivity contribution >= 4 is 22.4 Å². The van der Waals surface area contributed by atoms with Gasteiger partial charge < -0.3 is 0 Å². The van der Waals surface area contributed by atoms with E-state index < -0.39 is 5.82 Å². The van der Waals surface area contributed by atoms with Gasteiger partial charge in [-0.05, 0) is 12.3 Å². The first-order chi connectivity index (χ1) is 9.16. The van der Waals surface area contributed by atoms with Crippen LogP contribution in [0.15, 0.2) is 36.7 Å². The highest BCUT2D eigenvalue weighted by Crippen LogP contribution is 2.27. The van der Waals surface area contributed by atoms with Crippen LogP contribution in [0.4, 0.5) is 4.39 Å². The van der Waals surface area contributed by atoms with E-state index in [1.54, 1.807) is 19.3 Å². The monoisotopic (exact) mass is 273 g/mol. The molecular weight excluding hydrogens is 265 g/mol. The molecule has 3 aromatic rings. The molecule has 1 aromatic carbocycles. The molecule has 0 spiro atoms. The predicted molar refractivity (Wildman–Crippen MR) is 72.5 cm³/mol. The lowest BCUT2D eigenvalue weighted by molar-refractivity contribution is 0.603. The Kier molecular flexibility index (Phi) is 2.87. The van der Waals surface area contributed by atoms with Gasteiger partial charge >= 0.3 is 0 Å². The minimum Gasteiger partial charge on any atom is -0.263 e. The molecule has 0 bridgehead atoms. The topological polar surface area (TPSA) is 38.7 Å². The molecule has 3 nitrogen and oxygen atoms in total. The van der Waals surface area contributed by atoms with E-state index >= 15 is 0 Å². The summed E-state index contributed by atoms with van der Waals surface area (Å²) in [6.07, 6.45) is 3.42. The van der Waals surface area contributed by atoms with Crippen LogP contribution in [-0.4, -0.2) is 15.0 Å². The Hall–Kier alpha value is -2.07. The molecule has 0 amide bonds. The molecule has 0 N–H and O–H groups in total. The van der Waals surface area contributed by atoms with E-state index in [-0.39, 0.29) is 10.8 Å². The standard InChI is InChI=1S/C14H9ClFN3/c1-8-12(16)13(15)19-14(18-8)11-7-17-6-9-4-2-3-5-10(9)11/h2-7H,1H3. The summed E-state index contributed by atoms with van der Waals surface area (Å²) in [5.41, 5.74) is 0.964. The Labute approximate surface area is 114 Å². The van der Waals surface area contributed by atoms with Crippen LogP contribution in [0.3, 0.4) is 0 Å². The fourth-order valence-corrected chi connectivity index (χ4v) is 2.16. The zero-order chi connectivity index (χ0) is 13.4. The average Bonchev–Trinajstić information content (AvgIpc) is 2.43. The molecule has 0 aliphatic carbocycles. The second-order valence-electron chi connectivity index (χ2n) is 4.15. The van der Waals surface area contributed by atoms with Crippen molar-refractivity contribution in [3.05, 3.63) is 53.3 Å². The van der Waals surface area contributed by atoms with E-state index in [1.165, 1.54) is 0 Å². The summed E-state index contributed by atoms with van der Waals surface area (Å²) in [5, 5.41) is 1.76. The number of halogens is 2. The number of pyridine rings is 1. The van der Waals surface area contributed by atoms with Crippen LogP contribution in [0.2, 0.25) is 5.15 Å². The zero-order valence-corrected chi connectivity index (χ0v) is 10.8. The lowest BCUT2D eigenvalue weighted by atomic mass is 10.1. The van der Waals surface area contributed by atoms with Gasteiger partial charge in [0.15, 0.2) is 16.8 Å². The van der Waals surface area contributed by atoms with Crippen molar-refractivity contribution in [2.75, 3.05) is 0 Å². The molecule has 0 saturated heterocycles. The molecule has 2 heterocycles. The van der Waals surface area contributed by atoms with Gasteiger partial charge in [-0.2, -0.15) is 0 Å². The Morgan fingerprint density at radius 3 is 2.68 bits per heavy atom. The third-order valence-electron chi connectivity index (χ3n) is 2.89. The Bertz CT molecular complexity index is 745. The molecule has 94 valence electrons. The Morgan fingerprint density at radius 2 is 1.89 bits per heavy atom. The van der Waals surface area contributed by atoms with Gasteiger partial charge in [-0.15, -0.1) is 0 Å². The number of benzene rings is 1. The fraction of sp³-hybridized carbons (Fsp3) is 0.0714. The summed E-state index contributed by atoms with van der Waals surface area (Å²) in [4.78, 5) is 12.3. The summed E-state index contributed by atoms with van der Waals surface area (Å²) in [7, 11) is 0. The number of hydrogen-bond acceptors (Lipinski definition) is 3. The second-order valence-corrected chi connectivity index (χ2v) is 4.50. The molecule has 0 fully saturated rings. The largest absolute Gasteiger partial charge is 0.263 e. The SMILES string of the molecule is Cc1nc(-c2cncc3ccccc23)nc(Cl)c1F. The number of fused-ring (bicyclic) bond motifs is 1. The van der Waals surface area contributed by atoms with Gasteiger partial charge in [0.2, 0.25) is 0 Å². The van der Waals surface area contributed by atoms with E-state index in [4.69, 9.17) is 11.6 Å². The molecule has 0 unspecified atom stereocenters. The van der Waals surface area contributed by atoms with Crippen molar-refractivity contribution in [2.45, 2.75) is 6.92 Å². The van der Waals surface area contributed by atoms with Crippen LogP contribution in [0.5, 0.6) is 0 Å². The van der Waals surface area contributed by atoms with Gasteiger partial charge in [-0.3, -0.25) is 4.98 Å². The van der Waals surface area contributed by atoms with Crippen molar-refractivity contribution in [1.82, 2.24) is 15.0 Å². The highest BCUT2D eigenvalue weighted by molar-refractivity contribution is 6.29. The minimum absolute atomic E-state index is 0.171. The molecule has 0 aliphatic heterocycles. The van der Waals surface area contributed by atoms with Crippen LogP contribution in [-0.2, 0) is 0 Å². The third kappa shape index (κ3) is 2.04. The first-order valence-corrected chi connectivity index (χ1v) is 6.07. The van der Waals surface area contributed by atoms with E-state index in [1.807, 2.05) is 24.3 Å². The van der Waals surface area contributed by atoms with E-state index in [0.29, 0.717) is 5.82 Å². The molecular formula is C14H9ClFN3. The number of aromatic nitrogens is 3. The maximum absolute atomic E-state index is 13.5. The van der Waals surface area contributed by atoms with Crippen LogP contribution in [0, 0.1) is 12.7 Å². The number of aryl methyl sites for hydroxylation is 1. The summed E-state index contributed by atoms with van der Waals surface area (Å²) < 4.78 is 13.5. The zero-order valence-electron chi connectivity index (χ0n) is 10.1. The smallest absolute Gasteiger partial charge is 0.181 e. The van der Waals surface area contributed by atoms with Crippen molar-refractivity contribution < 1.29 is 4.39 Å². The van der Waals surface area contributed by atoms with Crippen LogP contribution in [0.25, 0.3) is 22.2 Å². The molecule has 0 radical (unpaired) electrons. The molecule has 3 rings (SSSR count). The van der Waals surface area contributed by atoms with E-state index in [9.17, 15) is 4.39 Å². The lowest BCUT2D eigenvalue weighted by Gasteiger charge is -2.06. The molecule has 19 heavy (non-hydrogen) atoms. The summed E-state index contributed by atoms with van der Waals surface area (Å²) >= 11 is 5.77. The third-order valence-corrected chi connectivity index (χ3v) is 3.14. The highest BCUT2D eigenvalue weighted by Gasteiger charge is 2.13. The molecule has 5 heteroatoms. The maximum Gasteiger partial charge on any atom is 0.181 e. The first kappa shape index (κ1) is 12.0. The summed E-state index contributed by atoms with van der Waals surface area (Å²) in [6.45, 7) is 1.56. The van der Waals surface area contributed by atoms with Crippen molar-refractivity contribution in [3.63, 3.8) is 0 Å². The van der Waals surface area contributed by atoms with Gasteiger partial charge in [-0.25, -0.2) is 14.4 Å². The molecule has 0 aliphatic rings. The van der Waals surface area contributed by atoms with Crippen LogP contribution >= 0.6 is 11.6 Å². The fourth-order valence-electron chi connectivity index (χ4n) is 1.94. The van der Waals surface area contributed by atoms with E-state index in [0.717, 1.165) is 16.3 Å². The lowest BCUT2D eigenvalue weighted by Crippen LogP contribution is -1.98. The normalized spacial score (nSPS) is 10.9. The molecule has 0 atom stereocenters. The quantitative estimate of drug-likeness (QED) is 0.633. The minimum atomic E-state index is -0.585. The maximum atomic E-state index is 13.5. The van der Waals surface area contributed by atoms with Crippen molar-refractivity contribution in [2.24, 2.45) is 0 Å². The number of rotatable bonds is 1. The Morgan fingerprint density at radius 1 is 1.11 bits per heavy atom. The van der Waals surface area contributed by atoms with Crippen molar-refractivity contribution in [1.29, 1.82) is 0 Å². The van der Waals surface area contributed by atoms with Gasteiger partial charge in [-0.1, -0.05) is 35.9 Å². The summed E-state index contributed by atoms with van der Waals surface area (Å²) in [6, 6.07) is 7.74. The van der Waals surface area contributed by atoms with Gasteiger partial charge in [0.1, 0.15) is 0 Å². The van der Waals surface area contributed by atoms with Crippen LogP contribution < -0.4 is 0 Å². The Balaban J connectivity index is 2.31. The second kappa shape index (κ2) is 4.55. The van der Waals surface area contributed by atoms with E-state index in [2.05, 4.69) is 15.0 Å². The van der Waals surface area contributed by atoms with Gasteiger partial charge in [0.25, 0.3) is 0 Å². The number of hydrogen-bond donors (Lipinski definition) is 0. The molecule has 0 saturated carbocycles. The average molecular weight is 274 g/mol. The van der Waals surface area contributed by atoms with Crippen LogP contribution in [0.1, 0.15) is 5.69 Å². The summed E-state index contributed by atoms with van der Waals surface area (Å²) in [5.74, 6) is -0.202. The van der Waals surface area contributed by atoms with Crippen molar-refractivity contribution in [3.8, 4) is 11.4 Å². The van der Waals surface area contributed by atoms with Gasteiger partial charge in [0.05, 0.1) is 5.69 Å². The van der Waals surface area contributed by atoms with Gasteiger partial charge in [0, 0.05) is 23.3 Å². The number of nitrogens with zero attached hydrogens (tertiary/aromatic N) is 3. The predicted octanol–water partition coefficient (Wildman–Crippen LogP) is 3.79. The molecule has 2 aromatic heterocycles.